The summed E-state index contributed by atoms with van der Waals surface area (Å²) in [6.07, 6.45) is 0.768. The molecule has 0 spiro atoms. The van der Waals surface area contributed by atoms with Crippen molar-refractivity contribution in [1.29, 1.82) is 0 Å². The fraction of sp³-hybridized carbons (Fsp3) is 0.320. The van der Waals surface area contributed by atoms with Crippen LogP contribution >= 0.6 is 0 Å². The highest BCUT2D eigenvalue weighted by Gasteiger charge is 2.30. The summed E-state index contributed by atoms with van der Waals surface area (Å²) in [5.41, 5.74) is 1.99. The zero-order valence-electron chi connectivity index (χ0n) is 22.7. The number of hydrogen-bond acceptors (Lipinski definition) is 10. The molecule has 4 aromatic rings. The van der Waals surface area contributed by atoms with Crippen molar-refractivity contribution in [3.8, 4) is 22.6 Å². The summed E-state index contributed by atoms with van der Waals surface area (Å²) in [7, 11) is -1.99. The second-order valence-corrected chi connectivity index (χ2v) is 12.7. The van der Waals surface area contributed by atoms with E-state index in [4.69, 9.17) is 9.02 Å². The van der Waals surface area contributed by atoms with E-state index in [9.17, 15) is 21.6 Å². The first-order valence-corrected chi connectivity index (χ1v) is 15.3. The molecule has 0 bridgehead atoms. The van der Waals surface area contributed by atoms with Crippen molar-refractivity contribution in [2.75, 3.05) is 40.6 Å². The number of aromatic amines is 1. The maximum atomic E-state index is 13.4. The number of benzene rings is 2. The number of nitrogens with zero attached hydrogens (tertiary/aromatic N) is 5. The van der Waals surface area contributed by atoms with Crippen LogP contribution in [0.3, 0.4) is 0 Å². The number of hydrogen-bond donors (Lipinski definition) is 1. The molecule has 15 heteroatoms. The average molecular weight is 591 g/mol. The maximum Gasteiger partial charge on any atom is 0.281 e. The summed E-state index contributed by atoms with van der Waals surface area (Å²) in [4.78, 5) is 22.2. The van der Waals surface area contributed by atoms with Crippen molar-refractivity contribution in [3.05, 3.63) is 64.4 Å². The SMILES string of the molecule is COCc1cc(S(=O)(=O)N(CCN(C)C)OS(C)(=O)=O)ccc1-c1nc2c(c(-c3ccccc3)nn2C)c(=O)[nH]1. The second kappa shape index (κ2) is 11.6. The maximum absolute atomic E-state index is 13.4. The Kier molecular flexibility index (Phi) is 8.53. The van der Waals surface area contributed by atoms with E-state index in [2.05, 4.69) is 15.1 Å². The number of H-pyrrole nitrogens is 1. The molecule has 0 saturated carbocycles. The van der Waals surface area contributed by atoms with E-state index in [1.54, 1.807) is 26.0 Å². The molecule has 0 saturated heterocycles. The first-order valence-electron chi connectivity index (χ1n) is 12.0. The molecule has 0 aliphatic carbocycles. The van der Waals surface area contributed by atoms with E-state index >= 15 is 0 Å². The number of sulfonamides is 1. The van der Waals surface area contributed by atoms with E-state index in [1.165, 1.54) is 30.0 Å². The molecule has 1 N–H and O–H groups in total. The number of likely N-dealkylation sites (N-methyl/N-ethyl adjacent to an activating group) is 1. The lowest BCUT2D eigenvalue weighted by Crippen LogP contribution is -2.38. The summed E-state index contributed by atoms with van der Waals surface area (Å²) in [5, 5.41) is 4.82. The number of rotatable bonds is 11. The molecule has 0 atom stereocenters. The van der Waals surface area contributed by atoms with Crippen LogP contribution in [-0.2, 0) is 42.8 Å². The topological polar surface area (TPSA) is 157 Å². The Balaban J connectivity index is 1.81. The smallest absolute Gasteiger partial charge is 0.281 e. The molecule has 2 heterocycles. The standard InChI is InChI=1S/C25H30N6O7S2/c1-29(2)13-14-31(38-39(5,33)34)40(35,36)19-11-12-20(18(15-19)16-37-4)23-26-24-21(25(32)27-23)22(28-30(24)3)17-9-7-6-8-10-17/h6-12,15H,13-14,16H2,1-5H3,(H,26,27,32). The van der Waals surface area contributed by atoms with E-state index in [0.29, 0.717) is 32.3 Å². The van der Waals surface area contributed by atoms with E-state index in [-0.39, 0.29) is 30.4 Å². The zero-order valence-corrected chi connectivity index (χ0v) is 24.3. The molecular formula is C25H30N6O7S2. The Labute approximate surface area is 232 Å². The number of hydroxylamine groups is 1. The molecule has 2 aromatic carbocycles. The number of fused-ring (bicyclic) bond motifs is 1. The first-order chi connectivity index (χ1) is 18.8. The van der Waals surface area contributed by atoms with Gasteiger partial charge in [-0.2, -0.15) is 17.8 Å². The van der Waals surface area contributed by atoms with Gasteiger partial charge in [-0.25, -0.2) is 18.1 Å². The van der Waals surface area contributed by atoms with Crippen molar-refractivity contribution in [3.63, 3.8) is 0 Å². The van der Waals surface area contributed by atoms with Gasteiger partial charge in [0.25, 0.3) is 25.7 Å². The van der Waals surface area contributed by atoms with Crippen LogP contribution in [0.2, 0.25) is 0 Å². The minimum Gasteiger partial charge on any atom is -0.380 e. The Morgan fingerprint density at radius 3 is 2.35 bits per heavy atom. The third-order valence-electron chi connectivity index (χ3n) is 5.89. The summed E-state index contributed by atoms with van der Waals surface area (Å²) >= 11 is 0. The fourth-order valence-electron chi connectivity index (χ4n) is 4.07. The molecule has 214 valence electrons. The monoisotopic (exact) mass is 590 g/mol. The van der Waals surface area contributed by atoms with E-state index < -0.39 is 25.7 Å². The minimum absolute atomic E-state index is 0.0221. The molecule has 4 rings (SSSR count). The van der Waals surface area contributed by atoms with Crippen molar-refractivity contribution < 1.29 is 25.9 Å². The predicted octanol–water partition coefficient (Wildman–Crippen LogP) is 1.58. The molecule has 0 unspecified atom stereocenters. The van der Waals surface area contributed by atoms with E-state index in [0.717, 1.165) is 11.8 Å². The number of aryl methyl sites for hydroxylation is 1. The van der Waals surface area contributed by atoms with Crippen molar-refractivity contribution in [2.45, 2.75) is 11.5 Å². The Hall–Kier alpha value is -3.47. The molecule has 0 fully saturated rings. The largest absolute Gasteiger partial charge is 0.380 e. The fourth-order valence-corrected chi connectivity index (χ4v) is 6.18. The molecular weight excluding hydrogens is 560 g/mol. The predicted molar refractivity (Wildman–Crippen MR) is 149 cm³/mol. The summed E-state index contributed by atoms with van der Waals surface area (Å²) < 4.78 is 62.6. The van der Waals surface area contributed by atoms with Crippen LogP contribution in [0, 0.1) is 0 Å². The van der Waals surface area contributed by atoms with Gasteiger partial charge in [0, 0.05) is 31.8 Å². The number of methoxy groups -OCH3 is 1. The van der Waals surface area contributed by atoms with Crippen LogP contribution in [-0.4, -0.2) is 86.5 Å². The number of ether oxygens (including phenoxy) is 1. The molecule has 40 heavy (non-hydrogen) atoms. The van der Waals surface area contributed by atoms with Gasteiger partial charge in [-0.15, -0.1) is 0 Å². The lowest BCUT2D eigenvalue weighted by molar-refractivity contribution is 0.0401. The zero-order chi connectivity index (χ0) is 29.2. The van der Waals surface area contributed by atoms with Gasteiger partial charge in [0.1, 0.15) is 16.9 Å². The molecule has 0 aliphatic heterocycles. The van der Waals surface area contributed by atoms with Crippen molar-refractivity contribution >= 4 is 31.2 Å². The Bertz CT molecular complexity index is 1800. The normalized spacial score (nSPS) is 12.6. The third kappa shape index (κ3) is 6.29. The number of nitrogens with one attached hydrogen (secondary N) is 1. The van der Waals surface area contributed by atoms with E-state index in [1.807, 2.05) is 30.3 Å². The summed E-state index contributed by atoms with van der Waals surface area (Å²) in [6, 6.07) is 13.4. The Morgan fingerprint density at radius 1 is 1.02 bits per heavy atom. The van der Waals surface area contributed by atoms with Crippen LogP contribution in [0.4, 0.5) is 0 Å². The molecule has 0 radical (unpaired) electrons. The third-order valence-corrected chi connectivity index (χ3v) is 8.07. The van der Waals surface area contributed by atoms with Gasteiger partial charge < -0.3 is 14.6 Å². The van der Waals surface area contributed by atoms with Gasteiger partial charge in [0.15, 0.2) is 5.65 Å². The van der Waals surface area contributed by atoms with Gasteiger partial charge in [-0.3, -0.25) is 4.79 Å². The second-order valence-electron chi connectivity index (χ2n) is 9.32. The lowest BCUT2D eigenvalue weighted by Gasteiger charge is -2.22. The average Bonchev–Trinajstić information content (AvgIpc) is 3.23. The van der Waals surface area contributed by atoms with Crippen LogP contribution < -0.4 is 5.56 Å². The Morgan fingerprint density at radius 2 is 1.73 bits per heavy atom. The van der Waals surface area contributed by atoms with Gasteiger partial charge in [-0.05, 0) is 37.9 Å². The summed E-state index contributed by atoms with van der Waals surface area (Å²) in [5.74, 6) is 0.188. The summed E-state index contributed by atoms with van der Waals surface area (Å²) in [6.45, 7) is -0.0517. The lowest BCUT2D eigenvalue weighted by atomic mass is 10.1. The van der Waals surface area contributed by atoms with Gasteiger partial charge in [0.05, 0.1) is 24.3 Å². The molecule has 0 aliphatic rings. The highest BCUT2D eigenvalue weighted by atomic mass is 32.2. The van der Waals surface area contributed by atoms with Crippen LogP contribution in [0.25, 0.3) is 33.7 Å². The highest BCUT2D eigenvalue weighted by molar-refractivity contribution is 7.90. The first kappa shape index (κ1) is 29.5. The van der Waals surface area contributed by atoms with Crippen molar-refractivity contribution in [2.24, 2.45) is 7.05 Å². The quantitative estimate of drug-likeness (QED) is 0.254. The molecule has 0 amide bonds. The molecule has 2 aromatic heterocycles. The number of aromatic nitrogens is 4. The van der Waals surface area contributed by atoms with Crippen LogP contribution in [0.15, 0.2) is 58.2 Å². The van der Waals surface area contributed by atoms with Gasteiger partial charge >= 0.3 is 0 Å². The minimum atomic E-state index is -4.40. The van der Waals surface area contributed by atoms with Crippen LogP contribution in [0.1, 0.15) is 5.56 Å². The van der Waals surface area contributed by atoms with Crippen molar-refractivity contribution in [1.82, 2.24) is 29.1 Å². The highest BCUT2D eigenvalue weighted by Crippen LogP contribution is 2.29. The van der Waals surface area contributed by atoms with Gasteiger partial charge in [-0.1, -0.05) is 34.8 Å². The molecule has 13 nitrogen and oxygen atoms in total. The van der Waals surface area contributed by atoms with Gasteiger partial charge in [0.2, 0.25) is 0 Å². The van der Waals surface area contributed by atoms with Crippen LogP contribution in [0.5, 0.6) is 0 Å².